The number of aromatic nitrogens is 3. The molecule has 2 aromatic rings. The average Bonchev–Trinajstić information content (AvgIpc) is 2.77. The van der Waals surface area contributed by atoms with Gasteiger partial charge >= 0.3 is 0 Å². The molecule has 1 heterocycles. The maximum absolute atomic E-state index is 12.3. The molecule has 7 heteroatoms. The number of methoxy groups -OCH3 is 1. The SMILES string of the molecule is COc1ccc(Cl)cc1NC(=O)[C@@H](C)Cn1nc(C)nc1C. The van der Waals surface area contributed by atoms with Crippen molar-refractivity contribution in [1.82, 2.24) is 14.8 Å². The Morgan fingerprint density at radius 3 is 2.77 bits per heavy atom. The first kappa shape index (κ1) is 16.3. The standard InChI is InChI=1S/C15H19ClN4O2/c1-9(8-20-11(3)17-10(2)19-20)15(21)18-13-7-12(16)5-6-14(13)22-4/h5-7,9H,8H2,1-4H3,(H,18,21)/t9-/m0/s1. The zero-order valence-corrected chi connectivity index (χ0v) is 13.8. The summed E-state index contributed by atoms with van der Waals surface area (Å²) in [5.74, 6) is 1.65. The Hall–Kier alpha value is -2.08. The second-order valence-corrected chi connectivity index (χ2v) is 5.56. The van der Waals surface area contributed by atoms with Crippen LogP contribution in [0.5, 0.6) is 5.75 Å². The van der Waals surface area contributed by atoms with Gasteiger partial charge in [-0.3, -0.25) is 4.79 Å². The fourth-order valence-corrected chi connectivity index (χ4v) is 2.28. The van der Waals surface area contributed by atoms with Gasteiger partial charge in [-0.15, -0.1) is 0 Å². The minimum atomic E-state index is -0.275. The van der Waals surface area contributed by atoms with Crippen molar-refractivity contribution in [1.29, 1.82) is 0 Å². The Labute approximate surface area is 134 Å². The number of benzene rings is 1. The monoisotopic (exact) mass is 322 g/mol. The number of rotatable bonds is 5. The number of halogens is 1. The first-order valence-electron chi connectivity index (χ1n) is 6.93. The van der Waals surface area contributed by atoms with Crippen LogP contribution in [0.15, 0.2) is 18.2 Å². The van der Waals surface area contributed by atoms with Crippen molar-refractivity contribution in [2.45, 2.75) is 27.3 Å². The number of carbonyl (C=O) groups excluding carboxylic acids is 1. The summed E-state index contributed by atoms with van der Waals surface area (Å²) >= 11 is 5.96. The second-order valence-electron chi connectivity index (χ2n) is 5.12. The van der Waals surface area contributed by atoms with Crippen molar-refractivity contribution >= 4 is 23.2 Å². The molecule has 1 aromatic heterocycles. The Balaban J connectivity index is 2.08. The van der Waals surface area contributed by atoms with E-state index >= 15 is 0 Å². The van der Waals surface area contributed by atoms with E-state index in [2.05, 4.69) is 15.4 Å². The van der Waals surface area contributed by atoms with Crippen LogP contribution in [0.2, 0.25) is 5.02 Å². The van der Waals surface area contributed by atoms with Gasteiger partial charge in [0.15, 0.2) is 0 Å². The first-order chi connectivity index (χ1) is 10.4. The Kier molecular flexibility index (Phi) is 5.03. The van der Waals surface area contributed by atoms with E-state index in [0.29, 0.717) is 28.8 Å². The lowest BCUT2D eigenvalue weighted by atomic mass is 10.1. The van der Waals surface area contributed by atoms with E-state index in [-0.39, 0.29) is 11.8 Å². The van der Waals surface area contributed by atoms with Crippen LogP contribution in [-0.2, 0) is 11.3 Å². The molecule has 0 bridgehead atoms. The largest absolute Gasteiger partial charge is 0.495 e. The summed E-state index contributed by atoms with van der Waals surface area (Å²) in [6, 6.07) is 5.09. The third kappa shape index (κ3) is 3.76. The maximum atomic E-state index is 12.3. The number of carbonyl (C=O) groups is 1. The summed E-state index contributed by atoms with van der Waals surface area (Å²) in [7, 11) is 1.55. The van der Waals surface area contributed by atoms with Gasteiger partial charge in [0.2, 0.25) is 5.91 Å². The van der Waals surface area contributed by atoms with Crippen molar-refractivity contribution in [3.63, 3.8) is 0 Å². The first-order valence-corrected chi connectivity index (χ1v) is 7.31. The lowest BCUT2D eigenvalue weighted by molar-refractivity contribution is -0.119. The predicted octanol–water partition coefficient (Wildman–Crippen LogP) is 2.83. The molecule has 0 aliphatic rings. The molecule has 0 aliphatic heterocycles. The molecular weight excluding hydrogens is 304 g/mol. The summed E-state index contributed by atoms with van der Waals surface area (Å²) in [5, 5.41) is 7.64. The molecular formula is C15H19ClN4O2. The number of amides is 1. The van der Waals surface area contributed by atoms with E-state index < -0.39 is 0 Å². The summed E-state index contributed by atoms with van der Waals surface area (Å²) in [4.78, 5) is 16.6. The molecule has 1 amide bonds. The highest BCUT2D eigenvalue weighted by Gasteiger charge is 2.17. The Morgan fingerprint density at radius 2 is 2.18 bits per heavy atom. The van der Waals surface area contributed by atoms with E-state index in [1.165, 1.54) is 0 Å². The summed E-state index contributed by atoms with van der Waals surface area (Å²) in [6.45, 7) is 5.99. The van der Waals surface area contributed by atoms with Crippen LogP contribution < -0.4 is 10.1 Å². The third-order valence-electron chi connectivity index (χ3n) is 3.28. The summed E-state index contributed by atoms with van der Waals surface area (Å²) in [6.07, 6.45) is 0. The van der Waals surface area contributed by atoms with Gasteiger partial charge in [0.05, 0.1) is 25.3 Å². The van der Waals surface area contributed by atoms with Crippen LogP contribution in [0, 0.1) is 19.8 Å². The van der Waals surface area contributed by atoms with Gasteiger partial charge < -0.3 is 10.1 Å². The van der Waals surface area contributed by atoms with Gasteiger partial charge in [-0.25, -0.2) is 9.67 Å². The van der Waals surface area contributed by atoms with E-state index in [0.717, 1.165) is 5.82 Å². The highest BCUT2D eigenvalue weighted by molar-refractivity contribution is 6.31. The van der Waals surface area contributed by atoms with E-state index in [4.69, 9.17) is 16.3 Å². The third-order valence-corrected chi connectivity index (χ3v) is 3.51. The van der Waals surface area contributed by atoms with Crippen molar-refractivity contribution in [3.05, 3.63) is 34.9 Å². The molecule has 118 valence electrons. The lowest BCUT2D eigenvalue weighted by Gasteiger charge is -2.15. The zero-order chi connectivity index (χ0) is 16.3. The predicted molar refractivity (Wildman–Crippen MR) is 85.3 cm³/mol. The van der Waals surface area contributed by atoms with Crippen LogP contribution >= 0.6 is 11.6 Å². The number of aryl methyl sites for hydroxylation is 2. The topological polar surface area (TPSA) is 69.0 Å². The van der Waals surface area contributed by atoms with Crippen LogP contribution in [-0.4, -0.2) is 27.8 Å². The Morgan fingerprint density at radius 1 is 1.45 bits per heavy atom. The molecule has 0 aliphatic carbocycles. The molecule has 0 radical (unpaired) electrons. The molecule has 0 fully saturated rings. The van der Waals surface area contributed by atoms with Gasteiger partial charge in [0.25, 0.3) is 0 Å². The lowest BCUT2D eigenvalue weighted by Crippen LogP contribution is -2.25. The number of hydrogen-bond donors (Lipinski definition) is 1. The van der Waals surface area contributed by atoms with Gasteiger partial charge in [0, 0.05) is 5.02 Å². The van der Waals surface area contributed by atoms with Gasteiger partial charge in [-0.2, -0.15) is 5.10 Å². The van der Waals surface area contributed by atoms with Crippen molar-refractivity contribution in [3.8, 4) is 5.75 Å². The maximum Gasteiger partial charge on any atom is 0.229 e. The number of anilines is 1. The molecule has 0 saturated carbocycles. The molecule has 2 rings (SSSR count). The van der Waals surface area contributed by atoms with Crippen LogP contribution in [0.3, 0.4) is 0 Å². The quantitative estimate of drug-likeness (QED) is 0.919. The minimum absolute atomic E-state index is 0.131. The van der Waals surface area contributed by atoms with Crippen LogP contribution in [0.25, 0.3) is 0 Å². The van der Waals surface area contributed by atoms with Crippen molar-refractivity contribution in [2.24, 2.45) is 5.92 Å². The molecule has 0 saturated heterocycles. The molecule has 0 spiro atoms. The molecule has 0 unspecified atom stereocenters. The second kappa shape index (κ2) is 6.79. The fraction of sp³-hybridized carbons (Fsp3) is 0.400. The smallest absolute Gasteiger partial charge is 0.229 e. The molecule has 6 nitrogen and oxygen atoms in total. The minimum Gasteiger partial charge on any atom is -0.495 e. The van der Waals surface area contributed by atoms with Crippen molar-refractivity contribution in [2.75, 3.05) is 12.4 Å². The summed E-state index contributed by atoms with van der Waals surface area (Å²) in [5.41, 5.74) is 0.554. The van der Waals surface area contributed by atoms with Crippen molar-refractivity contribution < 1.29 is 9.53 Å². The molecule has 1 aromatic carbocycles. The number of nitrogens with zero attached hydrogens (tertiary/aromatic N) is 3. The molecule has 1 atom stereocenters. The highest BCUT2D eigenvalue weighted by atomic mass is 35.5. The van der Waals surface area contributed by atoms with E-state index in [1.807, 2.05) is 20.8 Å². The number of ether oxygens (including phenoxy) is 1. The van der Waals surface area contributed by atoms with Crippen LogP contribution in [0.4, 0.5) is 5.69 Å². The van der Waals surface area contributed by atoms with E-state index in [1.54, 1.807) is 30.0 Å². The normalized spacial score (nSPS) is 12.0. The number of nitrogens with one attached hydrogen (secondary N) is 1. The molecule has 22 heavy (non-hydrogen) atoms. The van der Waals surface area contributed by atoms with E-state index in [9.17, 15) is 4.79 Å². The zero-order valence-electron chi connectivity index (χ0n) is 13.1. The highest BCUT2D eigenvalue weighted by Crippen LogP contribution is 2.28. The van der Waals surface area contributed by atoms with Gasteiger partial charge in [-0.1, -0.05) is 18.5 Å². The van der Waals surface area contributed by atoms with Crippen LogP contribution in [0.1, 0.15) is 18.6 Å². The fourth-order valence-electron chi connectivity index (χ4n) is 2.11. The van der Waals surface area contributed by atoms with Gasteiger partial charge in [-0.05, 0) is 32.0 Å². The Bertz CT molecular complexity index is 684. The number of hydrogen-bond acceptors (Lipinski definition) is 4. The average molecular weight is 323 g/mol. The molecule has 1 N–H and O–H groups in total. The van der Waals surface area contributed by atoms with Gasteiger partial charge in [0.1, 0.15) is 17.4 Å². The summed E-state index contributed by atoms with van der Waals surface area (Å²) < 4.78 is 6.95.